The Morgan fingerprint density at radius 1 is 1.01 bits per heavy atom. The lowest BCUT2D eigenvalue weighted by atomic mass is 10.0. The number of terminal acetylenes is 1. The van der Waals surface area contributed by atoms with E-state index in [0.29, 0.717) is 64.9 Å². The second-order valence-electron chi connectivity index (χ2n) is 21.4. The van der Waals surface area contributed by atoms with Crippen molar-refractivity contribution in [2.75, 3.05) is 61.7 Å². The van der Waals surface area contributed by atoms with Crippen molar-refractivity contribution in [2.24, 2.45) is 5.73 Å². The highest BCUT2D eigenvalue weighted by Gasteiger charge is 2.37. The number of nitrogens with two attached hydrogens (primary N) is 1. The highest BCUT2D eigenvalue weighted by molar-refractivity contribution is 7.90. The number of ketones is 1. The molecule has 0 radical (unpaired) electrons. The van der Waals surface area contributed by atoms with Gasteiger partial charge in [0.25, 0.3) is 5.91 Å². The average Bonchev–Trinajstić information content (AvgIpc) is 1.53. The van der Waals surface area contributed by atoms with Gasteiger partial charge in [-0.25, -0.2) is 13.2 Å². The summed E-state index contributed by atoms with van der Waals surface area (Å²) in [5.41, 5.74) is 7.88. The number of halogens is 8. The third-order valence-corrected chi connectivity index (χ3v) is 17.5. The molecule has 92 heavy (non-hydrogen) atoms. The van der Waals surface area contributed by atoms with Crippen molar-refractivity contribution < 1.29 is 74.1 Å². The number of alkyl halides is 6. The third kappa shape index (κ3) is 20.8. The molecule has 2 aromatic heterocycles. The molecule has 4 atom stereocenters. The Kier molecular flexibility index (Phi) is 28.3. The lowest BCUT2D eigenvalue weighted by molar-refractivity contribution is -0.139. The Balaban J connectivity index is 0.000000213. The SMILES string of the molecule is C#CCOc1cc(-n2nc3n(c2=O)CCCC3)c(Cl)cc1Cl.CC1COc2ccccc2N1C(=O)C(Cl)Cl.CCc1cccc(C)c1N(C(=O)CCl)C(C)COC.CP(=O)(O)CCC(N)C(=O)O.CS(=O)(=O)c1cc(C(F)(F)F)ccc1C(=O)c1cnoc1C1CC1. The van der Waals surface area contributed by atoms with Crippen LogP contribution in [0, 0.1) is 19.3 Å². The summed E-state index contributed by atoms with van der Waals surface area (Å²) in [4.78, 5) is 69.7. The first kappa shape index (κ1) is 76.3. The molecular weight excluding hydrogens is 1350 g/mol. The van der Waals surface area contributed by atoms with E-state index in [1.807, 2.05) is 57.2 Å². The minimum Gasteiger partial charge on any atom is -0.489 e. The molecule has 1 saturated carbocycles. The van der Waals surface area contributed by atoms with E-state index in [1.165, 1.54) is 23.6 Å². The number of hydrogen-bond donors (Lipinski definition) is 3. The lowest BCUT2D eigenvalue weighted by Gasteiger charge is -2.35. The van der Waals surface area contributed by atoms with Crippen molar-refractivity contribution in [3.8, 4) is 29.5 Å². The number of carbonyl (C=O) groups excluding carboxylic acids is 3. The van der Waals surface area contributed by atoms with Gasteiger partial charge < -0.3 is 44.3 Å². The molecule has 500 valence electrons. The topological polar surface area (TPSA) is 286 Å². The average molecular weight is 1420 g/mol. The van der Waals surface area contributed by atoms with Gasteiger partial charge in [-0.1, -0.05) is 94.7 Å². The molecule has 2 aliphatic heterocycles. The van der Waals surface area contributed by atoms with E-state index in [0.717, 1.165) is 79.2 Å². The summed E-state index contributed by atoms with van der Waals surface area (Å²) in [6, 6.07) is 17.4. The summed E-state index contributed by atoms with van der Waals surface area (Å²) >= 11 is 29.3. The first-order chi connectivity index (χ1) is 43.2. The van der Waals surface area contributed by atoms with E-state index in [1.54, 1.807) is 27.5 Å². The Hall–Kier alpha value is -6.43. The molecule has 1 fully saturated rings. The quantitative estimate of drug-likeness (QED) is 0.0312. The fourth-order valence-electron chi connectivity index (χ4n) is 9.43. The van der Waals surface area contributed by atoms with Crippen LogP contribution in [0.5, 0.6) is 11.5 Å². The first-order valence-corrected chi connectivity index (χ1v) is 34.8. The number of benzene rings is 4. The number of carboxylic acids is 1. The number of nitrogens with zero attached hydrogens (tertiary/aromatic N) is 6. The molecule has 4 aromatic carbocycles. The Morgan fingerprint density at radius 2 is 1.70 bits per heavy atom. The second kappa shape index (κ2) is 34.1. The highest BCUT2D eigenvalue weighted by Crippen LogP contribution is 2.43. The van der Waals surface area contributed by atoms with Crippen LogP contribution in [0.2, 0.25) is 10.0 Å². The predicted molar refractivity (Wildman–Crippen MR) is 347 cm³/mol. The molecule has 4 unspecified atom stereocenters. The van der Waals surface area contributed by atoms with Crippen molar-refractivity contribution in [1.82, 2.24) is 19.5 Å². The number of carboxylic acid groups (broad SMARTS) is 1. The van der Waals surface area contributed by atoms with Gasteiger partial charge in [0.2, 0.25) is 5.91 Å². The van der Waals surface area contributed by atoms with Gasteiger partial charge in [0.05, 0.1) is 68.0 Å². The van der Waals surface area contributed by atoms with Gasteiger partial charge in [-0.15, -0.1) is 23.1 Å². The summed E-state index contributed by atoms with van der Waals surface area (Å²) in [6.07, 6.45) is 7.70. The van der Waals surface area contributed by atoms with Crippen LogP contribution in [-0.2, 0) is 59.1 Å². The fraction of sp³-hybridized carbons (Fsp3) is 0.426. The number of sulfone groups is 1. The van der Waals surface area contributed by atoms with Gasteiger partial charge in [-0.05, 0) is 107 Å². The molecule has 1 aliphatic carbocycles. The van der Waals surface area contributed by atoms with Crippen molar-refractivity contribution in [1.29, 1.82) is 0 Å². The maximum Gasteiger partial charge on any atom is 0.416 e. The summed E-state index contributed by atoms with van der Waals surface area (Å²) in [7, 11) is -5.51. The zero-order valence-electron chi connectivity index (χ0n) is 51.1. The van der Waals surface area contributed by atoms with E-state index in [4.69, 9.17) is 98.9 Å². The Bertz CT molecular complexity index is 3850. The van der Waals surface area contributed by atoms with Crippen LogP contribution in [0.1, 0.15) is 103 Å². The molecule has 9 rings (SSSR count). The van der Waals surface area contributed by atoms with Crippen LogP contribution >= 0.6 is 65.4 Å². The number of methoxy groups -OCH3 is 1. The number of ether oxygens (including phenoxy) is 3. The van der Waals surface area contributed by atoms with E-state index >= 15 is 0 Å². The molecule has 0 saturated heterocycles. The number of aromatic nitrogens is 4. The molecular formula is C61H70Cl5F3N7O14PS. The number of para-hydroxylation sites is 3. The van der Waals surface area contributed by atoms with Crippen LogP contribution in [0.15, 0.2) is 93.2 Å². The highest BCUT2D eigenvalue weighted by atomic mass is 35.5. The van der Waals surface area contributed by atoms with Crippen LogP contribution < -0.4 is 30.7 Å². The molecule has 6 aromatic rings. The first-order valence-electron chi connectivity index (χ1n) is 28.4. The van der Waals surface area contributed by atoms with E-state index in [2.05, 4.69) is 29.2 Å². The number of aryl methyl sites for hydroxylation is 3. The number of aliphatic carboxylic acids is 1. The maximum absolute atomic E-state index is 12.8. The molecule has 0 spiro atoms. The minimum absolute atomic E-state index is 0.0223. The monoisotopic (exact) mass is 1420 g/mol. The molecule has 4 N–H and O–H groups in total. The normalized spacial score (nSPS) is 15.4. The van der Waals surface area contributed by atoms with E-state index in [-0.39, 0.29) is 71.7 Å². The fourth-order valence-corrected chi connectivity index (χ4v) is 11.9. The second-order valence-corrected chi connectivity index (χ2v) is 28.1. The molecule has 3 aliphatic rings. The van der Waals surface area contributed by atoms with E-state index in [9.17, 15) is 50.1 Å². The zero-order chi connectivity index (χ0) is 68.6. The van der Waals surface area contributed by atoms with Gasteiger partial charge in [-0.3, -0.25) is 28.3 Å². The predicted octanol–water partition coefficient (Wildman–Crippen LogP) is 11.4. The van der Waals surface area contributed by atoms with Crippen molar-refractivity contribution in [3.63, 3.8) is 0 Å². The molecule has 4 heterocycles. The number of fused-ring (bicyclic) bond motifs is 2. The maximum atomic E-state index is 12.8. The number of anilines is 2. The summed E-state index contributed by atoms with van der Waals surface area (Å²) in [6.45, 7) is 10.8. The van der Waals surface area contributed by atoms with Gasteiger partial charge in [0, 0.05) is 56.7 Å². The van der Waals surface area contributed by atoms with Crippen LogP contribution in [-0.4, -0.2) is 136 Å². The Labute approximate surface area is 555 Å². The largest absolute Gasteiger partial charge is 0.489 e. The standard InChI is InChI=1S/C15H13Cl2N3O2.C15H22ClNO2.C15H12F3NO4S.C11H11Cl2NO2.C5H12NO4P/c1-2-7-22-13-9-12(10(16)8-11(13)17)20-15(21)19-6-4-3-5-14(19)18-20;1-5-13-8-6-7-11(2)15(13)17(14(18)9-16)12(3)10-19-4;1-24(21,22)12-6-9(15(16,17)18)4-5-10(12)13(20)11-7-19-23-14(11)8-2-3-8;1-7-6-16-9-5-3-2-4-8(9)14(7)11(15)10(12)13;1-11(9,10)3-2-4(6)5(7)8/h1,8-9H,3-7H2;6-8,12H,5,9-10H2,1-4H3;4-8H,2-3H2,1H3;2-5,7,10H,6H2,1H3;4H,2-3,6H2,1H3,(H,7,8)(H,9,10). The number of hydrogen-bond acceptors (Lipinski definition) is 15. The molecule has 31 heteroatoms. The third-order valence-electron chi connectivity index (χ3n) is 14.1. The van der Waals surface area contributed by atoms with Crippen LogP contribution in [0.3, 0.4) is 0 Å². The number of rotatable bonds is 18. The van der Waals surface area contributed by atoms with E-state index < -0.39 is 56.5 Å². The number of amides is 2. The van der Waals surface area contributed by atoms with Gasteiger partial charge in [-0.2, -0.15) is 17.9 Å². The number of carbonyl (C=O) groups is 4. The van der Waals surface area contributed by atoms with Gasteiger partial charge >= 0.3 is 17.8 Å². The summed E-state index contributed by atoms with van der Waals surface area (Å²) in [5, 5.41) is 16.9. The van der Waals surface area contributed by atoms with Crippen molar-refractivity contribution in [2.45, 2.75) is 119 Å². The summed E-state index contributed by atoms with van der Waals surface area (Å²) in [5.74, 6) is 2.30. The summed E-state index contributed by atoms with van der Waals surface area (Å²) < 4.78 is 97.0. The van der Waals surface area contributed by atoms with Gasteiger partial charge in [0.15, 0.2) is 33.6 Å². The van der Waals surface area contributed by atoms with Crippen molar-refractivity contribution in [3.05, 3.63) is 139 Å². The zero-order valence-corrected chi connectivity index (χ0v) is 56.6. The minimum atomic E-state index is -4.71. The molecule has 0 bridgehead atoms. The van der Waals surface area contributed by atoms with Crippen LogP contribution in [0.25, 0.3) is 5.69 Å². The smallest absolute Gasteiger partial charge is 0.416 e. The Morgan fingerprint density at radius 3 is 2.27 bits per heavy atom. The molecule has 2 amide bonds. The van der Waals surface area contributed by atoms with Gasteiger partial charge in [0.1, 0.15) is 42.5 Å². The van der Waals surface area contributed by atoms with Crippen LogP contribution in [0.4, 0.5) is 24.5 Å². The lowest BCUT2D eigenvalue weighted by Crippen LogP contribution is -2.47. The molecule has 21 nitrogen and oxygen atoms in total. The van der Waals surface area contributed by atoms with Crippen molar-refractivity contribution >= 4 is 110 Å².